The van der Waals surface area contributed by atoms with Crippen molar-refractivity contribution in [2.45, 2.75) is 13.5 Å². The molecule has 0 amide bonds. The Morgan fingerprint density at radius 1 is 1.17 bits per heavy atom. The third-order valence-electron chi connectivity index (χ3n) is 2.56. The molecule has 4 N–H and O–H groups in total. The van der Waals surface area contributed by atoms with Gasteiger partial charge in [0.2, 0.25) is 5.95 Å². The summed E-state index contributed by atoms with van der Waals surface area (Å²) in [6.07, 6.45) is 0. The van der Waals surface area contributed by atoms with E-state index in [1.54, 1.807) is 7.05 Å². The highest BCUT2D eigenvalue weighted by Gasteiger charge is 2.01. The maximum atomic E-state index is 5.63. The van der Waals surface area contributed by atoms with Crippen molar-refractivity contribution in [3.05, 3.63) is 41.5 Å². The average molecular weight is 243 g/mol. The molecule has 0 radical (unpaired) electrons. The molecule has 0 aliphatic rings. The van der Waals surface area contributed by atoms with Crippen LogP contribution in [0.2, 0.25) is 0 Å². The summed E-state index contributed by atoms with van der Waals surface area (Å²) in [7, 11) is 1.80. The number of aryl methyl sites for hydroxylation is 1. The van der Waals surface area contributed by atoms with Crippen molar-refractivity contribution in [3.63, 3.8) is 0 Å². The van der Waals surface area contributed by atoms with E-state index < -0.39 is 0 Å². The van der Waals surface area contributed by atoms with Crippen molar-refractivity contribution < 1.29 is 0 Å². The van der Waals surface area contributed by atoms with Gasteiger partial charge in [-0.1, -0.05) is 29.8 Å². The summed E-state index contributed by atoms with van der Waals surface area (Å²) in [5.41, 5.74) is 8.08. The normalized spacial score (nSPS) is 10.1. The Kier molecular flexibility index (Phi) is 3.62. The van der Waals surface area contributed by atoms with Crippen LogP contribution in [0.4, 0.5) is 17.6 Å². The molecular formula is C13H17N5. The smallest absolute Gasteiger partial charge is 0.223 e. The number of rotatable bonds is 4. The summed E-state index contributed by atoms with van der Waals surface area (Å²) in [4.78, 5) is 8.17. The van der Waals surface area contributed by atoms with E-state index in [-0.39, 0.29) is 5.95 Å². The van der Waals surface area contributed by atoms with Gasteiger partial charge in [-0.15, -0.1) is 0 Å². The predicted molar refractivity (Wildman–Crippen MR) is 74.5 cm³/mol. The van der Waals surface area contributed by atoms with Crippen molar-refractivity contribution in [2.75, 3.05) is 23.4 Å². The largest absolute Gasteiger partial charge is 0.373 e. The Morgan fingerprint density at radius 2 is 1.94 bits per heavy atom. The SMILES string of the molecule is CNc1cc(NCc2cccc(C)c2)nc(N)n1. The molecule has 1 aromatic carbocycles. The molecule has 1 aromatic heterocycles. The maximum Gasteiger partial charge on any atom is 0.223 e. The first-order chi connectivity index (χ1) is 8.67. The van der Waals surface area contributed by atoms with Crippen LogP contribution >= 0.6 is 0 Å². The quantitative estimate of drug-likeness (QED) is 0.766. The van der Waals surface area contributed by atoms with Gasteiger partial charge >= 0.3 is 0 Å². The minimum atomic E-state index is 0.258. The summed E-state index contributed by atoms with van der Waals surface area (Å²) in [6.45, 7) is 2.78. The number of nitrogens with two attached hydrogens (primary N) is 1. The number of hydrogen-bond acceptors (Lipinski definition) is 5. The monoisotopic (exact) mass is 243 g/mol. The minimum absolute atomic E-state index is 0.258. The Hall–Kier alpha value is -2.30. The Bertz CT molecular complexity index is 539. The average Bonchev–Trinajstić information content (AvgIpc) is 2.36. The van der Waals surface area contributed by atoms with Crippen molar-refractivity contribution in [3.8, 4) is 0 Å². The van der Waals surface area contributed by atoms with Gasteiger partial charge in [0.05, 0.1) is 0 Å². The second-order valence-electron chi connectivity index (χ2n) is 4.09. The number of anilines is 3. The van der Waals surface area contributed by atoms with Crippen LogP contribution in [0.5, 0.6) is 0 Å². The Morgan fingerprint density at radius 3 is 2.67 bits per heavy atom. The van der Waals surface area contributed by atoms with E-state index >= 15 is 0 Å². The topological polar surface area (TPSA) is 75.9 Å². The van der Waals surface area contributed by atoms with Crippen molar-refractivity contribution in [1.82, 2.24) is 9.97 Å². The van der Waals surface area contributed by atoms with Gasteiger partial charge in [0, 0.05) is 19.7 Å². The second-order valence-corrected chi connectivity index (χ2v) is 4.09. The van der Waals surface area contributed by atoms with Gasteiger partial charge in [0.15, 0.2) is 0 Å². The van der Waals surface area contributed by atoms with Gasteiger partial charge in [-0.2, -0.15) is 9.97 Å². The molecule has 0 bridgehead atoms. The molecule has 0 unspecified atom stereocenters. The zero-order valence-electron chi connectivity index (χ0n) is 10.6. The third kappa shape index (κ3) is 3.10. The van der Waals surface area contributed by atoms with E-state index in [4.69, 9.17) is 5.73 Å². The van der Waals surface area contributed by atoms with Crippen molar-refractivity contribution in [2.24, 2.45) is 0 Å². The Balaban J connectivity index is 2.08. The summed E-state index contributed by atoms with van der Waals surface area (Å²) in [5.74, 6) is 1.68. The third-order valence-corrected chi connectivity index (χ3v) is 2.56. The van der Waals surface area contributed by atoms with E-state index in [9.17, 15) is 0 Å². The lowest BCUT2D eigenvalue weighted by Gasteiger charge is -2.08. The summed E-state index contributed by atoms with van der Waals surface area (Å²) in [6, 6.07) is 10.2. The van der Waals surface area contributed by atoms with Gasteiger partial charge in [-0.05, 0) is 12.5 Å². The van der Waals surface area contributed by atoms with Crippen LogP contribution < -0.4 is 16.4 Å². The zero-order chi connectivity index (χ0) is 13.0. The molecule has 0 atom stereocenters. The number of nitrogens with zero attached hydrogens (tertiary/aromatic N) is 2. The fourth-order valence-corrected chi connectivity index (χ4v) is 1.70. The molecule has 1 heterocycles. The van der Waals surface area contributed by atoms with E-state index in [1.165, 1.54) is 11.1 Å². The van der Waals surface area contributed by atoms with Gasteiger partial charge in [-0.25, -0.2) is 0 Å². The molecular weight excluding hydrogens is 226 g/mol. The first-order valence-corrected chi connectivity index (χ1v) is 5.79. The van der Waals surface area contributed by atoms with Crippen LogP contribution in [0.3, 0.4) is 0 Å². The van der Waals surface area contributed by atoms with Crippen LogP contribution in [0, 0.1) is 6.92 Å². The zero-order valence-corrected chi connectivity index (χ0v) is 10.6. The molecule has 5 heteroatoms. The number of hydrogen-bond donors (Lipinski definition) is 3. The van der Waals surface area contributed by atoms with Gasteiger partial charge in [-0.3, -0.25) is 0 Å². The highest BCUT2D eigenvalue weighted by molar-refractivity contribution is 5.50. The van der Waals surface area contributed by atoms with Crippen LogP contribution in [-0.2, 0) is 6.54 Å². The highest BCUT2D eigenvalue weighted by Crippen LogP contribution is 2.13. The molecule has 2 aromatic rings. The lowest BCUT2D eigenvalue weighted by Crippen LogP contribution is -2.06. The number of nitrogen functional groups attached to an aromatic ring is 1. The van der Waals surface area contributed by atoms with Crippen LogP contribution in [0.1, 0.15) is 11.1 Å². The minimum Gasteiger partial charge on any atom is -0.373 e. The second kappa shape index (κ2) is 5.35. The first kappa shape index (κ1) is 12.2. The van der Waals surface area contributed by atoms with Gasteiger partial charge in [0.1, 0.15) is 11.6 Å². The molecule has 0 aliphatic carbocycles. The maximum absolute atomic E-state index is 5.63. The molecule has 94 valence electrons. The number of nitrogens with one attached hydrogen (secondary N) is 2. The number of aromatic nitrogens is 2. The summed E-state index contributed by atoms with van der Waals surface area (Å²) < 4.78 is 0. The van der Waals surface area contributed by atoms with Crippen molar-refractivity contribution in [1.29, 1.82) is 0 Å². The lowest BCUT2D eigenvalue weighted by atomic mass is 10.1. The fraction of sp³-hybridized carbons (Fsp3) is 0.231. The molecule has 0 spiro atoms. The molecule has 0 fully saturated rings. The first-order valence-electron chi connectivity index (χ1n) is 5.79. The van der Waals surface area contributed by atoms with E-state index in [2.05, 4.69) is 45.7 Å². The van der Waals surface area contributed by atoms with E-state index in [0.717, 1.165) is 0 Å². The van der Waals surface area contributed by atoms with Gasteiger partial charge < -0.3 is 16.4 Å². The fourth-order valence-electron chi connectivity index (χ4n) is 1.70. The molecule has 0 aliphatic heterocycles. The van der Waals surface area contributed by atoms with Crippen LogP contribution in [0.15, 0.2) is 30.3 Å². The lowest BCUT2D eigenvalue weighted by molar-refractivity contribution is 1.08. The van der Waals surface area contributed by atoms with Crippen LogP contribution in [0.25, 0.3) is 0 Å². The van der Waals surface area contributed by atoms with Crippen molar-refractivity contribution >= 4 is 17.6 Å². The molecule has 2 rings (SSSR count). The number of benzene rings is 1. The molecule has 0 saturated carbocycles. The van der Waals surface area contributed by atoms with Gasteiger partial charge in [0.25, 0.3) is 0 Å². The van der Waals surface area contributed by atoms with E-state index in [1.807, 2.05) is 12.1 Å². The molecule has 5 nitrogen and oxygen atoms in total. The summed E-state index contributed by atoms with van der Waals surface area (Å²) in [5, 5.41) is 6.18. The van der Waals surface area contributed by atoms with E-state index in [0.29, 0.717) is 18.2 Å². The standard InChI is InChI=1S/C13H17N5/c1-9-4-3-5-10(6-9)8-16-12-7-11(15-2)17-13(14)18-12/h3-7H,8H2,1-2H3,(H4,14,15,16,17,18). The molecule has 18 heavy (non-hydrogen) atoms. The molecule has 0 saturated heterocycles. The Labute approximate surface area is 106 Å². The van der Waals surface area contributed by atoms with Crippen LogP contribution in [-0.4, -0.2) is 17.0 Å². The summed E-state index contributed by atoms with van der Waals surface area (Å²) >= 11 is 0. The predicted octanol–water partition coefficient (Wildman–Crippen LogP) is 2.02. The highest BCUT2D eigenvalue weighted by atomic mass is 15.1.